The van der Waals surface area contributed by atoms with E-state index in [1.807, 2.05) is 48.5 Å². The van der Waals surface area contributed by atoms with Gasteiger partial charge < -0.3 is 31.9 Å². The van der Waals surface area contributed by atoms with Crippen LogP contribution in [0.4, 0.5) is 4.79 Å². The van der Waals surface area contributed by atoms with Crippen molar-refractivity contribution in [1.82, 2.24) is 25.2 Å². The Morgan fingerprint density at radius 3 is 2.12 bits per heavy atom. The average molecular weight is 698 g/mol. The van der Waals surface area contributed by atoms with E-state index < -0.39 is 64.5 Å². The summed E-state index contributed by atoms with van der Waals surface area (Å²) in [7, 11) is 1.73. The largest absolute Gasteiger partial charge is 0.665 e. The van der Waals surface area contributed by atoms with Gasteiger partial charge in [-0.05, 0) is 46.2 Å². The van der Waals surface area contributed by atoms with Crippen LogP contribution in [0.3, 0.4) is 0 Å². The quantitative estimate of drug-likeness (QED) is 0.0653. The number of hydrogen-bond donors (Lipinski definition) is 4. The lowest BCUT2D eigenvalue weighted by Gasteiger charge is -2.37. The summed E-state index contributed by atoms with van der Waals surface area (Å²) in [6.07, 6.45) is 4.47. The lowest BCUT2D eigenvalue weighted by Crippen LogP contribution is -2.62. The third-order valence-corrected chi connectivity index (χ3v) is 9.47. The predicted molar refractivity (Wildman–Crippen MR) is 190 cm³/mol. The lowest BCUT2D eigenvalue weighted by atomic mass is 9.85. The fraction of sp³-hybridized carbons (Fsp3) is 0.853. The van der Waals surface area contributed by atoms with Crippen LogP contribution in [0.1, 0.15) is 107 Å². The van der Waals surface area contributed by atoms with Crippen molar-refractivity contribution in [3.05, 3.63) is 5.32 Å². The van der Waals surface area contributed by atoms with Gasteiger partial charge in [0.05, 0.1) is 29.4 Å². The molecule has 2 unspecified atom stereocenters. The van der Waals surface area contributed by atoms with Gasteiger partial charge in [0.1, 0.15) is 12.1 Å². The molecular weight excluding hydrogens is 634 g/mol. The molecule has 0 aromatic heterocycles. The number of urea groups is 1. The summed E-state index contributed by atoms with van der Waals surface area (Å²) in [6, 6.07) is -3.90. The van der Waals surface area contributed by atoms with Crippen LogP contribution in [0.25, 0.3) is 5.32 Å². The Labute approximate surface area is 292 Å². The molecule has 1 saturated heterocycles. The van der Waals surface area contributed by atoms with E-state index in [2.05, 4.69) is 35.1 Å². The third-order valence-electron chi connectivity index (χ3n) is 8.93. The normalized spacial score (nSPS) is 18.7. The fourth-order valence-corrected chi connectivity index (χ4v) is 6.28. The SMILES string of the molecule is CCCCC(NC(=O)[C@@H]1C(CCC(C)C)CCN1C(=O)[C@@H](NC(=O)N[C@H](CN(CCC[N-]C)[S+]=O)C(C)(C)C)C(C)(C)C)C(=O)C(N)=O. The van der Waals surface area contributed by atoms with Crippen molar-refractivity contribution >= 4 is 41.4 Å². The highest BCUT2D eigenvalue weighted by Gasteiger charge is 2.47. The van der Waals surface area contributed by atoms with Crippen molar-refractivity contribution in [2.24, 2.45) is 28.4 Å². The van der Waals surface area contributed by atoms with Gasteiger partial charge in [0.15, 0.2) is 0 Å². The molecule has 0 saturated carbocycles. The molecule has 0 radical (unpaired) electrons. The zero-order valence-electron chi connectivity index (χ0n) is 31.0. The number of carbonyl (C=O) groups excluding carboxylic acids is 5. The molecule has 1 aliphatic heterocycles. The molecular formula is C34H63N7O6S. The first-order valence-corrected chi connectivity index (χ1v) is 18.1. The monoisotopic (exact) mass is 697 g/mol. The number of ketones is 1. The predicted octanol–water partition coefficient (Wildman–Crippen LogP) is 3.54. The van der Waals surface area contributed by atoms with Crippen molar-refractivity contribution in [1.29, 1.82) is 0 Å². The Morgan fingerprint density at radius 2 is 1.62 bits per heavy atom. The molecule has 0 aromatic carbocycles. The van der Waals surface area contributed by atoms with E-state index in [1.54, 1.807) is 11.4 Å². The first-order chi connectivity index (χ1) is 22.3. The van der Waals surface area contributed by atoms with Crippen LogP contribution in [-0.2, 0) is 35.2 Å². The highest BCUT2D eigenvalue weighted by molar-refractivity contribution is 7.62. The summed E-state index contributed by atoms with van der Waals surface area (Å²) in [5.74, 6) is -2.65. The first-order valence-electron chi connectivity index (χ1n) is 17.4. The number of nitrogens with one attached hydrogen (secondary N) is 3. The molecule has 0 aromatic rings. The highest BCUT2D eigenvalue weighted by atomic mass is 32.2. The zero-order chi connectivity index (χ0) is 36.8. The second-order valence-electron chi connectivity index (χ2n) is 15.6. The van der Waals surface area contributed by atoms with Crippen LogP contribution >= 0.6 is 0 Å². The number of Topliss-reactive ketones (excluding diaryl/α,β-unsaturated/α-hetero) is 1. The fourth-order valence-electron chi connectivity index (χ4n) is 5.86. The van der Waals surface area contributed by atoms with E-state index in [0.717, 1.165) is 12.8 Å². The number of rotatable bonds is 20. The van der Waals surface area contributed by atoms with Crippen molar-refractivity contribution < 1.29 is 28.2 Å². The number of nitrogens with zero attached hydrogens (tertiary/aromatic N) is 3. The number of carbonyl (C=O) groups is 5. The smallest absolute Gasteiger partial charge is 0.590 e. The van der Waals surface area contributed by atoms with Crippen LogP contribution in [0.15, 0.2) is 0 Å². The van der Waals surface area contributed by atoms with Crippen molar-refractivity contribution in [2.45, 2.75) is 131 Å². The number of amides is 5. The minimum atomic E-state index is -1.11. The second-order valence-corrected chi connectivity index (χ2v) is 16.3. The van der Waals surface area contributed by atoms with Gasteiger partial charge in [0, 0.05) is 6.54 Å². The summed E-state index contributed by atoms with van der Waals surface area (Å²) in [5, 5.41) is 12.8. The van der Waals surface area contributed by atoms with Crippen LogP contribution < -0.4 is 21.7 Å². The van der Waals surface area contributed by atoms with Gasteiger partial charge in [-0.3, -0.25) is 19.2 Å². The number of primary amides is 1. The number of nitrogens with two attached hydrogens (primary N) is 1. The summed E-state index contributed by atoms with van der Waals surface area (Å²) in [4.78, 5) is 67.8. The summed E-state index contributed by atoms with van der Waals surface area (Å²) in [6.45, 7) is 19.4. The van der Waals surface area contributed by atoms with E-state index in [9.17, 15) is 28.2 Å². The van der Waals surface area contributed by atoms with Crippen LogP contribution in [-0.4, -0.2) is 96.1 Å². The molecule has 13 nitrogen and oxygen atoms in total. The van der Waals surface area contributed by atoms with Crippen LogP contribution in [0.5, 0.6) is 0 Å². The van der Waals surface area contributed by atoms with Gasteiger partial charge in [-0.15, -0.1) is 6.54 Å². The molecule has 0 aliphatic carbocycles. The molecule has 5 N–H and O–H groups in total. The van der Waals surface area contributed by atoms with Crippen LogP contribution in [0, 0.1) is 22.7 Å². The Hall–Kier alpha value is -2.71. The molecule has 1 rings (SSSR count). The van der Waals surface area contributed by atoms with Crippen molar-refractivity contribution in [3.63, 3.8) is 0 Å². The Morgan fingerprint density at radius 1 is 0.979 bits per heavy atom. The zero-order valence-corrected chi connectivity index (χ0v) is 31.8. The van der Waals surface area contributed by atoms with Gasteiger partial charge >= 0.3 is 17.9 Å². The van der Waals surface area contributed by atoms with Crippen molar-refractivity contribution in [2.75, 3.05) is 33.2 Å². The number of likely N-dealkylation sites (tertiary alicyclic amines) is 1. The molecule has 48 heavy (non-hydrogen) atoms. The van der Waals surface area contributed by atoms with Crippen LogP contribution in [0.2, 0.25) is 0 Å². The molecule has 1 aliphatic rings. The van der Waals surface area contributed by atoms with E-state index in [-0.39, 0.29) is 12.3 Å². The first kappa shape index (κ1) is 43.3. The molecule has 1 heterocycles. The van der Waals surface area contributed by atoms with Gasteiger partial charge in [0.2, 0.25) is 17.6 Å². The third kappa shape index (κ3) is 14.0. The number of hydrogen-bond acceptors (Lipinski definition) is 6. The molecule has 0 spiro atoms. The van der Waals surface area contributed by atoms with Gasteiger partial charge in [-0.2, -0.15) is 7.05 Å². The standard InChI is InChI=1S/C34H63N7O6S/c1-11-12-14-24(27(42)29(35)43)37-30(44)26-23(16-15-22(2)3)17-20-41(26)31(45)28(34(7,8)9)39-32(46)38-25(33(4,5)6)21-40(48-47)19-13-18-36-10/h22-26,28H,11-21H2,1-10H3,(H2,35,43)(H,37,44)(H2,38,39,46)/t23?,24?,25-,26+,28-/m1/s1. The number of unbranched alkanes of at least 4 members (excludes halogenated alkanes) is 1. The Kier molecular flexibility index (Phi) is 18.1. The average Bonchev–Trinajstić information content (AvgIpc) is 3.42. The molecule has 5 amide bonds. The lowest BCUT2D eigenvalue weighted by molar-refractivity contribution is -0.144. The molecule has 5 atom stereocenters. The highest BCUT2D eigenvalue weighted by Crippen LogP contribution is 2.33. The Balaban J connectivity index is 3.34. The maximum absolute atomic E-state index is 14.4. The summed E-state index contributed by atoms with van der Waals surface area (Å²) < 4.78 is 13.5. The minimum absolute atomic E-state index is 0.164. The summed E-state index contributed by atoms with van der Waals surface area (Å²) >= 11 is 0.376. The van der Waals surface area contributed by atoms with Crippen molar-refractivity contribution in [3.8, 4) is 0 Å². The summed E-state index contributed by atoms with van der Waals surface area (Å²) in [5.41, 5.74) is 4.17. The van der Waals surface area contributed by atoms with Gasteiger partial charge in [0.25, 0.3) is 5.91 Å². The van der Waals surface area contributed by atoms with Gasteiger partial charge in [-0.25, -0.2) is 4.79 Å². The molecule has 14 heteroatoms. The van der Waals surface area contributed by atoms with Gasteiger partial charge in [-0.1, -0.05) is 88.0 Å². The maximum Gasteiger partial charge on any atom is 0.590 e. The maximum atomic E-state index is 14.4. The van der Waals surface area contributed by atoms with E-state index >= 15 is 0 Å². The van der Waals surface area contributed by atoms with E-state index in [0.29, 0.717) is 69.6 Å². The molecule has 0 bridgehead atoms. The Bertz CT molecular complexity index is 1090. The minimum Gasteiger partial charge on any atom is -0.665 e. The van der Waals surface area contributed by atoms with E-state index in [1.165, 1.54) is 4.90 Å². The topological polar surface area (TPSA) is 185 Å². The molecule has 1 fully saturated rings. The second kappa shape index (κ2) is 20.1. The molecule has 276 valence electrons. The van der Waals surface area contributed by atoms with E-state index in [4.69, 9.17) is 5.73 Å².